The first kappa shape index (κ1) is 16.3. The minimum atomic E-state index is -0.418. The third kappa shape index (κ3) is 3.68. The Balaban J connectivity index is 1.56. The van der Waals surface area contributed by atoms with E-state index in [0.717, 1.165) is 32.1 Å². The lowest BCUT2D eigenvalue weighted by Gasteiger charge is -2.34. The van der Waals surface area contributed by atoms with Gasteiger partial charge in [-0.2, -0.15) is 0 Å². The highest BCUT2D eigenvalue weighted by Gasteiger charge is 2.30. The van der Waals surface area contributed by atoms with Gasteiger partial charge in [0.1, 0.15) is 5.82 Å². The van der Waals surface area contributed by atoms with E-state index in [1.807, 2.05) is 6.92 Å². The highest BCUT2D eigenvalue weighted by atomic mass is 19.1. The van der Waals surface area contributed by atoms with Crippen LogP contribution in [0.25, 0.3) is 0 Å². The van der Waals surface area contributed by atoms with Crippen LogP contribution in [0.15, 0.2) is 42.7 Å². The minimum absolute atomic E-state index is 0.167. The summed E-state index contributed by atoms with van der Waals surface area (Å²) in [5, 5.41) is 2.68. The zero-order valence-corrected chi connectivity index (χ0v) is 13.6. The number of nitrogens with zero attached hydrogens (tertiary/aromatic N) is 3. The smallest absolute Gasteiger partial charge is 0.282 e. The van der Waals surface area contributed by atoms with Crippen molar-refractivity contribution in [3.8, 4) is 0 Å². The van der Waals surface area contributed by atoms with Gasteiger partial charge in [0.2, 0.25) is 5.95 Å². The molecule has 1 fully saturated rings. The third-order valence-electron chi connectivity index (χ3n) is 4.38. The minimum Gasteiger partial charge on any atom is -0.330 e. The molecule has 0 spiro atoms. The first-order valence-corrected chi connectivity index (χ1v) is 8.07. The molecule has 6 nitrogen and oxygen atoms in total. The fraction of sp³-hybridized carbons (Fsp3) is 0.353. The van der Waals surface area contributed by atoms with Crippen LogP contribution in [0, 0.1) is 5.82 Å². The Morgan fingerprint density at radius 1 is 1.21 bits per heavy atom. The molecular weight excluding hydrogens is 309 g/mol. The predicted molar refractivity (Wildman–Crippen MR) is 89.4 cm³/mol. The molecule has 1 saturated heterocycles. The topological polar surface area (TPSA) is 62.6 Å². The fourth-order valence-corrected chi connectivity index (χ4v) is 2.87. The van der Waals surface area contributed by atoms with Crippen LogP contribution in [0.5, 0.6) is 0 Å². The van der Waals surface area contributed by atoms with Gasteiger partial charge >= 0.3 is 0 Å². The number of halogens is 1. The van der Waals surface area contributed by atoms with Crippen molar-refractivity contribution in [2.75, 3.05) is 36.4 Å². The number of anilines is 2. The van der Waals surface area contributed by atoms with Crippen molar-refractivity contribution in [1.29, 1.82) is 0 Å². The summed E-state index contributed by atoms with van der Waals surface area (Å²) in [6.07, 6.45) is 3.46. The molecule has 126 valence electrons. The molecule has 1 aliphatic rings. The van der Waals surface area contributed by atoms with Crippen LogP contribution >= 0.6 is 0 Å². The number of quaternary nitrogens is 1. The second-order valence-electron chi connectivity index (χ2n) is 5.88. The molecule has 0 radical (unpaired) electrons. The average molecular weight is 330 g/mol. The van der Waals surface area contributed by atoms with E-state index in [-0.39, 0.29) is 17.6 Å². The van der Waals surface area contributed by atoms with E-state index < -0.39 is 5.82 Å². The van der Waals surface area contributed by atoms with Crippen LogP contribution in [0.3, 0.4) is 0 Å². The molecule has 2 heterocycles. The number of hydrogen-bond acceptors (Lipinski definition) is 4. The van der Waals surface area contributed by atoms with Crippen molar-refractivity contribution in [2.24, 2.45) is 0 Å². The molecule has 1 aromatic carbocycles. The zero-order chi connectivity index (χ0) is 16.9. The Hall–Kier alpha value is -2.54. The van der Waals surface area contributed by atoms with E-state index in [2.05, 4.69) is 20.2 Å². The van der Waals surface area contributed by atoms with E-state index in [0.29, 0.717) is 0 Å². The lowest BCUT2D eigenvalue weighted by molar-refractivity contribution is -0.914. The quantitative estimate of drug-likeness (QED) is 0.849. The predicted octanol–water partition coefficient (Wildman–Crippen LogP) is 0.348. The largest absolute Gasteiger partial charge is 0.330 e. The molecule has 1 amide bonds. The van der Waals surface area contributed by atoms with Gasteiger partial charge in [0.15, 0.2) is 6.04 Å². The van der Waals surface area contributed by atoms with Crippen molar-refractivity contribution >= 4 is 17.5 Å². The summed E-state index contributed by atoms with van der Waals surface area (Å²) in [5.41, 5.74) is 0.227. The SMILES string of the molecule is C[C@H](C(=O)Nc1ccccc1F)[NH+]1CCN(c2ncccn2)CC1. The van der Waals surface area contributed by atoms with Crippen LogP contribution in [0.1, 0.15) is 6.92 Å². The maximum Gasteiger partial charge on any atom is 0.282 e. The Morgan fingerprint density at radius 2 is 1.88 bits per heavy atom. The Labute approximate surface area is 140 Å². The molecule has 2 aromatic rings. The summed E-state index contributed by atoms with van der Waals surface area (Å²) < 4.78 is 13.7. The first-order valence-electron chi connectivity index (χ1n) is 8.07. The van der Waals surface area contributed by atoms with Crippen LogP contribution in [0.2, 0.25) is 0 Å². The highest BCUT2D eigenvalue weighted by Crippen LogP contribution is 2.12. The van der Waals surface area contributed by atoms with Crippen LogP contribution in [-0.2, 0) is 4.79 Å². The number of para-hydroxylation sites is 1. The maximum atomic E-state index is 13.7. The zero-order valence-electron chi connectivity index (χ0n) is 13.6. The van der Waals surface area contributed by atoms with Gasteiger partial charge in [-0.1, -0.05) is 12.1 Å². The van der Waals surface area contributed by atoms with Gasteiger partial charge in [-0.15, -0.1) is 0 Å². The number of aromatic nitrogens is 2. The van der Waals surface area contributed by atoms with Crippen LogP contribution in [0.4, 0.5) is 16.0 Å². The fourth-order valence-electron chi connectivity index (χ4n) is 2.87. The van der Waals surface area contributed by atoms with Crippen LogP contribution in [-0.4, -0.2) is 48.1 Å². The molecule has 0 aliphatic carbocycles. The molecule has 0 bridgehead atoms. The number of carbonyl (C=O) groups excluding carboxylic acids is 1. The number of hydrogen-bond donors (Lipinski definition) is 2. The van der Waals surface area contributed by atoms with E-state index in [1.165, 1.54) is 11.0 Å². The first-order chi connectivity index (χ1) is 11.6. The Morgan fingerprint density at radius 3 is 2.54 bits per heavy atom. The van der Waals surface area contributed by atoms with Crippen LogP contribution < -0.4 is 15.1 Å². The average Bonchev–Trinajstić information content (AvgIpc) is 2.64. The van der Waals surface area contributed by atoms with Crippen molar-refractivity contribution in [3.63, 3.8) is 0 Å². The summed E-state index contributed by atoms with van der Waals surface area (Å²) in [4.78, 5) is 24.2. The monoisotopic (exact) mass is 330 g/mol. The molecule has 1 atom stereocenters. The van der Waals surface area contributed by atoms with E-state index >= 15 is 0 Å². The third-order valence-corrected chi connectivity index (χ3v) is 4.38. The molecular formula is C17H21FN5O+. The lowest BCUT2D eigenvalue weighted by atomic mass is 10.2. The molecule has 24 heavy (non-hydrogen) atoms. The summed E-state index contributed by atoms with van der Waals surface area (Å²) >= 11 is 0. The van der Waals surface area contributed by atoms with Gasteiger partial charge in [0.25, 0.3) is 5.91 Å². The summed E-state index contributed by atoms with van der Waals surface area (Å²) in [6, 6.07) is 7.76. The Kier molecular flexibility index (Phi) is 5.00. The highest BCUT2D eigenvalue weighted by molar-refractivity contribution is 5.93. The molecule has 2 N–H and O–H groups in total. The van der Waals surface area contributed by atoms with Crippen molar-refractivity contribution in [3.05, 3.63) is 48.5 Å². The number of nitrogens with one attached hydrogen (secondary N) is 2. The van der Waals surface area contributed by atoms with Gasteiger partial charge in [-0.25, -0.2) is 14.4 Å². The van der Waals surface area contributed by atoms with E-state index in [9.17, 15) is 9.18 Å². The van der Waals surface area contributed by atoms with Crippen molar-refractivity contribution in [2.45, 2.75) is 13.0 Å². The standard InChI is InChI=1S/C17H20FN5O/c1-13(16(24)21-15-6-3-2-5-14(15)18)22-9-11-23(12-10-22)17-19-7-4-8-20-17/h2-8,13H,9-12H2,1H3,(H,21,24)/p+1/t13-/m1/s1. The number of amides is 1. The number of rotatable bonds is 4. The van der Waals surface area contributed by atoms with Gasteiger partial charge in [0, 0.05) is 12.4 Å². The number of piperazine rings is 1. The summed E-state index contributed by atoms with van der Waals surface area (Å²) in [5.74, 6) is 0.138. The number of benzene rings is 1. The van der Waals surface area contributed by atoms with E-state index in [4.69, 9.17) is 0 Å². The number of carbonyl (C=O) groups is 1. The van der Waals surface area contributed by atoms with Crippen molar-refractivity contribution in [1.82, 2.24) is 9.97 Å². The lowest BCUT2D eigenvalue weighted by Crippen LogP contribution is -3.19. The van der Waals surface area contributed by atoms with Crippen molar-refractivity contribution < 1.29 is 14.1 Å². The van der Waals surface area contributed by atoms with E-state index in [1.54, 1.807) is 36.7 Å². The van der Waals surface area contributed by atoms with Gasteiger partial charge in [-0.3, -0.25) is 4.79 Å². The maximum absolute atomic E-state index is 13.7. The molecule has 1 aromatic heterocycles. The molecule has 0 saturated carbocycles. The van der Waals surface area contributed by atoms with Gasteiger partial charge in [0.05, 0.1) is 31.9 Å². The molecule has 7 heteroatoms. The Bertz CT molecular complexity index is 688. The second kappa shape index (κ2) is 7.35. The molecule has 1 aliphatic heterocycles. The second-order valence-corrected chi connectivity index (χ2v) is 5.88. The molecule has 0 unspecified atom stereocenters. The summed E-state index contributed by atoms with van der Waals surface area (Å²) in [7, 11) is 0. The normalized spacial score (nSPS) is 16.7. The molecule has 3 rings (SSSR count). The van der Waals surface area contributed by atoms with Gasteiger partial charge < -0.3 is 15.1 Å². The summed E-state index contributed by atoms with van der Waals surface area (Å²) in [6.45, 7) is 5.07. The van der Waals surface area contributed by atoms with Gasteiger partial charge in [-0.05, 0) is 25.1 Å².